The van der Waals surface area contributed by atoms with Crippen molar-refractivity contribution in [3.63, 3.8) is 0 Å². The Balaban J connectivity index is 4.89. The fraction of sp³-hybridized carbons (Fsp3) is 1.00. The van der Waals surface area contributed by atoms with Crippen molar-refractivity contribution in [2.75, 3.05) is 0 Å². The molecule has 0 aliphatic rings. The van der Waals surface area contributed by atoms with Crippen molar-refractivity contribution in [1.29, 1.82) is 0 Å². The van der Waals surface area contributed by atoms with E-state index in [9.17, 15) is 0 Å². The predicted molar refractivity (Wildman–Crippen MR) is 84.8 cm³/mol. The van der Waals surface area contributed by atoms with Crippen molar-refractivity contribution in [2.24, 2.45) is 0 Å². The molecular formula is C10H31NSi4. The van der Waals surface area contributed by atoms with Gasteiger partial charge in [-0.1, -0.05) is 65.5 Å². The molecule has 0 aliphatic heterocycles. The van der Waals surface area contributed by atoms with Crippen molar-refractivity contribution in [3.8, 4) is 0 Å². The van der Waals surface area contributed by atoms with Crippen LogP contribution in [0, 0.1) is 0 Å². The van der Waals surface area contributed by atoms with Gasteiger partial charge in [-0.15, -0.1) is 0 Å². The summed E-state index contributed by atoms with van der Waals surface area (Å²) in [7, 11) is -4.31. The first-order valence-electron chi connectivity index (χ1n) is 6.00. The number of nitrogens with one attached hydrogen (secondary N) is 1. The van der Waals surface area contributed by atoms with Gasteiger partial charge in [-0.2, -0.15) is 0 Å². The molecule has 0 unspecified atom stereocenters. The Kier molecular flexibility index (Phi) is 4.48. The van der Waals surface area contributed by atoms with Crippen LogP contribution >= 0.6 is 0 Å². The zero-order valence-corrected chi connectivity index (χ0v) is 16.5. The van der Waals surface area contributed by atoms with E-state index in [0.29, 0.717) is 0 Å². The van der Waals surface area contributed by atoms with Gasteiger partial charge >= 0.3 is 0 Å². The maximum atomic E-state index is 4.21. The molecule has 1 N–H and O–H groups in total. The van der Waals surface area contributed by atoms with E-state index in [1.165, 1.54) is 0 Å². The lowest BCUT2D eigenvalue weighted by molar-refractivity contribution is 1.36. The topological polar surface area (TPSA) is 12.0 Å². The van der Waals surface area contributed by atoms with Crippen LogP contribution in [0.3, 0.4) is 0 Å². The van der Waals surface area contributed by atoms with Gasteiger partial charge in [-0.05, 0) is 0 Å². The summed E-state index contributed by atoms with van der Waals surface area (Å²) in [5, 5.41) is 0. The summed E-state index contributed by atoms with van der Waals surface area (Å²) in [6.07, 6.45) is 0. The lowest BCUT2D eigenvalue weighted by Crippen LogP contribution is -2.76. The molecule has 0 bridgehead atoms. The highest BCUT2D eigenvalue weighted by Gasteiger charge is 2.45. The largest absolute Gasteiger partial charge is 0.363 e. The Morgan fingerprint density at radius 2 is 0.667 bits per heavy atom. The minimum Gasteiger partial charge on any atom is -0.363 e. The van der Waals surface area contributed by atoms with E-state index < -0.39 is 30.7 Å². The van der Waals surface area contributed by atoms with E-state index in [1.807, 2.05) is 0 Å². The van der Waals surface area contributed by atoms with E-state index in [4.69, 9.17) is 0 Å². The molecule has 0 aromatic rings. The van der Waals surface area contributed by atoms with Gasteiger partial charge in [0.1, 0.15) is 15.5 Å². The van der Waals surface area contributed by atoms with Crippen LogP contribution in [0.2, 0.25) is 65.5 Å². The predicted octanol–water partition coefficient (Wildman–Crippen LogP) is 3.82. The number of hydrogen-bond donors (Lipinski definition) is 1. The summed E-state index contributed by atoms with van der Waals surface area (Å²) in [5.74, 6) is 0. The third-order valence-electron chi connectivity index (χ3n) is 4.38. The van der Waals surface area contributed by atoms with Crippen LogP contribution < -0.4 is 4.65 Å². The quantitative estimate of drug-likeness (QED) is 0.771. The molecule has 0 aromatic heterocycles. The Morgan fingerprint density at radius 1 is 0.467 bits per heavy atom. The Bertz CT molecular complexity index is 199. The molecule has 0 amide bonds. The minimum absolute atomic E-state index is 0.989. The summed E-state index contributed by atoms with van der Waals surface area (Å²) in [6, 6.07) is 0. The van der Waals surface area contributed by atoms with Crippen molar-refractivity contribution >= 4 is 30.7 Å². The Labute approximate surface area is 101 Å². The molecule has 0 fully saturated rings. The van der Waals surface area contributed by atoms with Gasteiger partial charge in [0, 0.05) is 0 Å². The van der Waals surface area contributed by atoms with E-state index >= 15 is 0 Å². The fourth-order valence-electron chi connectivity index (χ4n) is 1.16. The SMILES string of the molecule is C[Si](C)(C)[Si](C)(C)N[Si](C)(C)[Si](C)(C)C. The number of rotatable bonds is 4. The van der Waals surface area contributed by atoms with Crippen molar-refractivity contribution < 1.29 is 0 Å². The first-order valence-corrected chi connectivity index (χ1v) is 21.0. The van der Waals surface area contributed by atoms with Crippen LogP contribution in [0.5, 0.6) is 0 Å². The summed E-state index contributed by atoms with van der Waals surface area (Å²) in [6.45, 7) is 25.4. The molecule has 0 spiro atoms. The van der Waals surface area contributed by atoms with Crippen LogP contribution in [0.1, 0.15) is 0 Å². The van der Waals surface area contributed by atoms with Crippen molar-refractivity contribution in [2.45, 2.75) is 65.5 Å². The third kappa shape index (κ3) is 3.96. The maximum Gasteiger partial charge on any atom is 0.102 e. The van der Waals surface area contributed by atoms with Crippen LogP contribution in [-0.4, -0.2) is 30.7 Å². The molecule has 0 radical (unpaired) electrons. The average molecular weight is 278 g/mol. The summed E-state index contributed by atoms with van der Waals surface area (Å²) in [4.78, 5) is 0. The molecule has 0 atom stereocenters. The lowest BCUT2D eigenvalue weighted by Gasteiger charge is -2.47. The van der Waals surface area contributed by atoms with Gasteiger partial charge in [-0.3, -0.25) is 0 Å². The molecular weight excluding hydrogens is 246 g/mol. The van der Waals surface area contributed by atoms with Gasteiger partial charge in [0.25, 0.3) is 0 Å². The highest BCUT2D eigenvalue weighted by atomic mass is 29.3. The maximum absolute atomic E-state index is 4.21. The second-order valence-electron chi connectivity index (χ2n) is 7.88. The lowest BCUT2D eigenvalue weighted by atomic mass is 11.8. The first-order chi connectivity index (χ1) is 6.21. The molecule has 0 heterocycles. The van der Waals surface area contributed by atoms with E-state index in [2.05, 4.69) is 70.1 Å². The van der Waals surface area contributed by atoms with Crippen LogP contribution in [0.15, 0.2) is 0 Å². The van der Waals surface area contributed by atoms with Gasteiger partial charge in [0.05, 0.1) is 15.2 Å². The molecule has 0 aromatic carbocycles. The second-order valence-corrected chi connectivity index (χ2v) is 40.9. The van der Waals surface area contributed by atoms with Crippen LogP contribution in [0.25, 0.3) is 0 Å². The standard InChI is InChI=1S/C10H31NSi4/c1-12(2,3)14(7,8)11-15(9,10)13(4,5)6/h11H,1-10H3. The van der Waals surface area contributed by atoms with E-state index in [-0.39, 0.29) is 0 Å². The molecule has 5 heteroatoms. The molecule has 0 saturated carbocycles. The second kappa shape index (κ2) is 4.25. The highest BCUT2D eigenvalue weighted by Crippen LogP contribution is 2.23. The molecule has 0 rings (SSSR count). The number of hydrogen-bond acceptors (Lipinski definition) is 1. The summed E-state index contributed by atoms with van der Waals surface area (Å²) in [5.41, 5.74) is 0. The van der Waals surface area contributed by atoms with E-state index in [1.54, 1.807) is 0 Å². The summed E-state index contributed by atoms with van der Waals surface area (Å²) >= 11 is 0. The molecule has 0 aliphatic carbocycles. The Morgan fingerprint density at radius 3 is 0.800 bits per heavy atom. The van der Waals surface area contributed by atoms with Gasteiger partial charge in [0.2, 0.25) is 0 Å². The van der Waals surface area contributed by atoms with Crippen LogP contribution in [0.4, 0.5) is 0 Å². The normalized spacial score (nSPS) is 15.6. The Hall–Kier alpha value is 0.828. The smallest absolute Gasteiger partial charge is 0.102 e. The summed E-state index contributed by atoms with van der Waals surface area (Å²) < 4.78 is 4.21. The van der Waals surface area contributed by atoms with Crippen molar-refractivity contribution in [1.82, 2.24) is 4.65 Å². The highest BCUT2D eigenvalue weighted by molar-refractivity contribution is 7.48. The molecule has 0 saturated heterocycles. The van der Waals surface area contributed by atoms with Crippen molar-refractivity contribution in [3.05, 3.63) is 0 Å². The third-order valence-corrected chi connectivity index (χ3v) is 41.6. The zero-order valence-electron chi connectivity index (χ0n) is 12.5. The van der Waals surface area contributed by atoms with Gasteiger partial charge < -0.3 is 4.65 Å². The molecule has 1 nitrogen and oxygen atoms in total. The van der Waals surface area contributed by atoms with Crippen LogP contribution in [-0.2, 0) is 0 Å². The van der Waals surface area contributed by atoms with E-state index in [0.717, 1.165) is 0 Å². The average Bonchev–Trinajstić information content (AvgIpc) is 1.77. The molecule has 15 heavy (non-hydrogen) atoms. The first kappa shape index (κ1) is 15.8. The minimum atomic E-state index is -1.16. The van der Waals surface area contributed by atoms with Gasteiger partial charge in [-0.25, -0.2) is 0 Å². The monoisotopic (exact) mass is 277 g/mol. The molecule has 92 valence electrons. The van der Waals surface area contributed by atoms with Gasteiger partial charge in [0.15, 0.2) is 0 Å². The zero-order chi connectivity index (χ0) is 12.7. The fourth-order valence-corrected chi connectivity index (χ4v) is 23.9.